The van der Waals surface area contributed by atoms with Crippen LogP contribution in [-0.4, -0.2) is 38.7 Å². The molecule has 2 N–H and O–H groups in total. The minimum absolute atomic E-state index is 0.0679. The molecule has 0 saturated carbocycles. The number of guanidine groups is 1. The summed E-state index contributed by atoms with van der Waals surface area (Å²) in [7, 11) is 1.72. The quantitative estimate of drug-likeness (QED) is 0.660. The molecule has 0 amide bonds. The van der Waals surface area contributed by atoms with Gasteiger partial charge in [0.2, 0.25) is 0 Å². The van der Waals surface area contributed by atoms with Crippen LogP contribution in [-0.2, 0) is 0 Å². The van der Waals surface area contributed by atoms with Gasteiger partial charge in [0, 0.05) is 32.7 Å². The second-order valence-corrected chi connectivity index (χ2v) is 5.15. The fraction of sp³-hybridized carbons (Fsp3) is 0.533. The molecule has 0 aliphatic carbocycles. The number of rotatable bonds is 4. The van der Waals surface area contributed by atoms with Gasteiger partial charge in [-0.05, 0) is 25.0 Å². The van der Waals surface area contributed by atoms with Gasteiger partial charge in [-0.3, -0.25) is 4.99 Å². The van der Waals surface area contributed by atoms with Gasteiger partial charge in [0.1, 0.15) is 17.3 Å². The Balaban J connectivity index is 1.97. The van der Waals surface area contributed by atoms with Crippen LogP contribution in [0.2, 0.25) is 0 Å². The highest BCUT2D eigenvalue weighted by molar-refractivity contribution is 5.80. The second kappa shape index (κ2) is 7.24. The Kier molecular flexibility index (Phi) is 5.36. The number of nitrogens with one attached hydrogen (secondary N) is 2. The molecule has 0 spiro atoms. The van der Waals surface area contributed by atoms with Crippen molar-refractivity contribution in [1.29, 1.82) is 0 Å². The Morgan fingerprint density at radius 1 is 1.38 bits per heavy atom. The zero-order chi connectivity index (χ0) is 15.2. The van der Waals surface area contributed by atoms with Crippen LogP contribution in [0.4, 0.5) is 14.5 Å². The largest absolute Gasteiger partial charge is 0.365 e. The molecular formula is C15H22F2N4. The van der Waals surface area contributed by atoms with Gasteiger partial charge in [0.25, 0.3) is 0 Å². The molecule has 2 rings (SSSR count). The Morgan fingerprint density at radius 3 is 2.71 bits per heavy atom. The fourth-order valence-corrected chi connectivity index (χ4v) is 2.50. The van der Waals surface area contributed by atoms with Gasteiger partial charge in [0.05, 0.1) is 0 Å². The van der Waals surface area contributed by atoms with Crippen molar-refractivity contribution in [3.05, 3.63) is 29.8 Å². The number of aliphatic imine (C=N–C) groups is 1. The molecule has 6 heteroatoms. The molecular weight excluding hydrogens is 274 g/mol. The predicted molar refractivity (Wildman–Crippen MR) is 81.8 cm³/mol. The summed E-state index contributed by atoms with van der Waals surface area (Å²) in [6.45, 7) is 4.11. The van der Waals surface area contributed by atoms with E-state index in [4.69, 9.17) is 0 Å². The van der Waals surface area contributed by atoms with E-state index < -0.39 is 11.6 Å². The number of benzene rings is 1. The van der Waals surface area contributed by atoms with Crippen LogP contribution < -0.4 is 15.5 Å². The molecule has 1 aliphatic rings. The van der Waals surface area contributed by atoms with E-state index in [0.717, 1.165) is 25.3 Å². The summed E-state index contributed by atoms with van der Waals surface area (Å²) in [6, 6.07) is 4.10. The van der Waals surface area contributed by atoms with Gasteiger partial charge in [-0.1, -0.05) is 13.0 Å². The normalized spacial score (nSPS) is 19.0. The Morgan fingerprint density at radius 2 is 2.10 bits per heavy atom. The third-order valence-electron chi connectivity index (χ3n) is 3.55. The van der Waals surface area contributed by atoms with E-state index in [1.165, 1.54) is 18.2 Å². The van der Waals surface area contributed by atoms with E-state index in [1.54, 1.807) is 11.9 Å². The third kappa shape index (κ3) is 3.83. The first-order valence-corrected chi connectivity index (χ1v) is 7.31. The minimum Gasteiger partial charge on any atom is -0.365 e. The van der Waals surface area contributed by atoms with Crippen molar-refractivity contribution in [2.24, 2.45) is 4.99 Å². The van der Waals surface area contributed by atoms with Crippen molar-refractivity contribution in [2.45, 2.75) is 25.8 Å². The summed E-state index contributed by atoms with van der Waals surface area (Å²) < 4.78 is 27.6. The van der Waals surface area contributed by atoms with E-state index in [9.17, 15) is 8.78 Å². The maximum absolute atomic E-state index is 13.8. The lowest BCUT2D eigenvalue weighted by molar-refractivity contribution is 0.576. The predicted octanol–water partition coefficient (Wildman–Crippen LogP) is 2.12. The van der Waals surface area contributed by atoms with Crippen molar-refractivity contribution in [3.8, 4) is 0 Å². The molecule has 0 radical (unpaired) electrons. The first-order valence-electron chi connectivity index (χ1n) is 7.31. The van der Waals surface area contributed by atoms with Crippen LogP contribution in [0.3, 0.4) is 0 Å². The summed E-state index contributed by atoms with van der Waals surface area (Å²) in [5.41, 5.74) is 0.0679. The zero-order valence-electron chi connectivity index (χ0n) is 12.5. The van der Waals surface area contributed by atoms with Crippen molar-refractivity contribution in [3.63, 3.8) is 0 Å². The maximum atomic E-state index is 13.8. The van der Waals surface area contributed by atoms with E-state index in [-0.39, 0.29) is 11.7 Å². The van der Waals surface area contributed by atoms with Gasteiger partial charge in [-0.15, -0.1) is 0 Å². The third-order valence-corrected chi connectivity index (χ3v) is 3.55. The minimum atomic E-state index is -0.510. The fourth-order valence-electron chi connectivity index (χ4n) is 2.50. The molecule has 1 aromatic carbocycles. The van der Waals surface area contributed by atoms with E-state index in [1.807, 2.05) is 0 Å². The van der Waals surface area contributed by atoms with Crippen molar-refractivity contribution < 1.29 is 8.78 Å². The molecule has 1 fully saturated rings. The van der Waals surface area contributed by atoms with Crippen LogP contribution in [0.5, 0.6) is 0 Å². The van der Waals surface area contributed by atoms with Crippen molar-refractivity contribution in [2.75, 3.05) is 31.6 Å². The van der Waals surface area contributed by atoms with Gasteiger partial charge in [-0.2, -0.15) is 0 Å². The summed E-state index contributed by atoms with van der Waals surface area (Å²) in [5, 5.41) is 6.49. The van der Waals surface area contributed by atoms with Crippen molar-refractivity contribution in [1.82, 2.24) is 10.6 Å². The Hall–Kier alpha value is -1.85. The summed E-state index contributed by atoms with van der Waals surface area (Å²) in [6.07, 6.45) is 1.83. The number of hydrogen-bond acceptors (Lipinski definition) is 2. The van der Waals surface area contributed by atoms with Crippen LogP contribution in [0.1, 0.15) is 19.8 Å². The van der Waals surface area contributed by atoms with E-state index in [2.05, 4.69) is 22.5 Å². The van der Waals surface area contributed by atoms with Crippen LogP contribution in [0.25, 0.3) is 0 Å². The van der Waals surface area contributed by atoms with Crippen LogP contribution >= 0.6 is 0 Å². The lowest BCUT2D eigenvalue weighted by atomic mass is 10.2. The molecule has 0 bridgehead atoms. The number of anilines is 1. The number of para-hydroxylation sites is 1. The van der Waals surface area contributed by atoms with E-state index in [0.29, 0.717) is 13.1 Å². The second-order valence-electron chi connectivity index (χ2n) is 5.15. The average Bonchev–Trinajstić information content (AvgIpc) is 2.91. The monoisotopic (exact) mass is 296 g/mol. The van der Waals surface area contributed by atoms with Gasteiger partial charge in [0.15, 0.2) is 5.96 Å². The average molecular weight is 296 g/mol. The molecule has 1 heterocycles. The van der Waals surface area contributed by atoms with Crippen LogP contribution in [0, 0.1) is 11.6 Å². The molecule has 21 heavy (non-hydrogen) atoms. The topological polar surface area (TPSA) is 39.7 Å². The van der Waals surface area contributed by atoms with Gasteiger partial charge in [-0.25, -0.2) is 8.78 Å². The molecule has 1 atom stereocenters. The van der Waals surface area contributed by atoms with Crippen molar-refractivity contribution >= 4 is 11.6 Å². The highest BCUT2D eigenvalue weighted by Crippen LogP contribution is 2.26. The highest BCUT2D eigenvalue weighted by Gasteiger charge is 2.27. The molecule has 4 nitrogen and oxygen atoms in total. The lowest BCUT2D eigenvalue weighted by Crippen LogP contribution is -2.44. The molecule has 1 aromatic rings. The van der Waals surface area contributed by atoms with Crippen LogP contribution in [0.15, 0.2) is 23.2 Å². The molecule has 0 aromatic heterocycles. The first-order chi connectivity index (χ1) is 10.2. The molecule has 1 aliphatic heterocycles. The first kappa shape index (κ1) is 15.5. The number of hydrogen-bond donors (Lipinski definition) is 2. The van der Waals surface area contributed by atoms with Gasteiger partial charge >= 0.3 is 0 Å². The standard InChI is InChI=1S/C15H22F2N4/c1-3-8-19-15(18-2)20-11-7-9-21(10-11)14-12(16)5-4-6-13(14)17/h4-6,11H,3,7-10H2,1-2H3,(H2,18,19,20). The zero-order valence-corrected chi connectivity index (χ0v) is 12.5. The Bertz CT molecular complexity index is 484. The highest BCUT2D eigenvalue weighted by atomic mass is 19.1. The summed E-state index contributed by atoms with van der Waals surface area (Å²) >= 11 is 0. The van der Waals surface area contributed by atoms with E-state index >= 15 is 0 Å². The van der Waals surface area contributed by atoms with Gasteiger partial charge < -0.3 is 15.5 Å². The SMILES string of the molecule is CCCNC(=NC)NC1CCN(c2c(F)cccc2F)C1. The summed E-state index contributed by atoms with van der Waals surface area (Å²) in [4.78, 5) is 5.90. The number of halogens is 2. The maximum Gasteiger partial charge on any atom is 0.191 e. The lowest BCUT2D eigenvalue weighted by Gasteiger charge is -2.21. The smallest absolute Gasteiger partial charge is 0.191 e. The summed E-state index contributed by atoms with van der Waals surface area (Å²) in [5.74, 6) is -0.286. The molecule has 116 valence electrons. The Labute approximate surface area is 124 Å². The number of nitrogens with zero attached hydrogens (tertiary/aromatic N) is 2. The molecule has 1 saturated heterocycles. The molecule has 1 unspecified atom stereocenters.